The highest BCUT2D eigenvalue weighted by Gasteiger charge is 2.14. The van der Waals surface area contributed by atoms with E-state index in [1.54, 1.807) is 13.1 Å². The number of guanidine groups is 1. The van der Waals surface area contributed by atoms with Crippen molar-refractivity contribution < 1.29 is 4.74 Å². The first kappa shape index (κ1) is 19.3. The van der Waals surface area contributed by atoms with Crippen molar-refractivity contribution >= 4 is 5.96 Å². The van der Waals surface area contributed by atoms with Gasteiger partial charge in [-0.3, -0.25) is 4.99 Å². The fraction of sp³-hybridized carbons (Fsp3) is 0.333. The summed E-state index contributed by atoms with van der Waals surface area (Å²) in [5.41, 5.74) is 2.50. The van der Waals surface area contributed by atoms with Crippen LogP contribution in [0.25, 0.3) is 0 Å². The molecule has 0 atom stereocenters. The fourth-order valence-electron chi connectivity index (χ4n) is 2.42. The number of ether oxygens (including phenoxy) is 1. The molecule has 0 unspecified atom stereocenters. The van der Waals surface area contributed by atoms with Crippen LogP contribution in [0.1, 0.15) is 37.5 Å². The van der Waals surface area contributed by atoms with Gasteiger partial charge in [-0.25, -0.2) is 0 Å². The van der Waals surface area contributed by atoms with Crippen molar-refractivity contribution in [2.75, 3.05) is 7.05 Å². The Balaban J connectivity index is 1.96. The molecule has 2 rings (SSSR count). The summed E-state index contributed by atoms with van der Waals surface area (Å²) in [6.07, 6.45) is 0. The Bertz CT molecular complexity index is 800. The van der Waals surface area contributed by atoms with Gasteiger partial charge in [-0.2, -0.15) is 5.26 Å². The zero-order valence-corrected chi connectivity index (χ0v) is 15.8. The van der Waals surface area contributed by atoms with Gasteiger partial charge in [0.15, 0.2) is 5.96 Å². The van der Waals surface area contributed by atoms with E-state index in [0.717, 1.165) is 16.9 Å². The van der Waals surface area contributed by atoms with Gasteiger partial charge in [-0.05, 0) is 44.5 Å². The summed E-state index contributed by atoms with van der Waals surface area (Å²) in [6, 6.07) is 17.7. The lowest BCUT2D eigenvalue weighted by Crippen LogP contribution is -2.36. The van der Waals surface area contributed by atoms with Crippen molar-refractivity contribution in [2.24, 2.45) is 4.99 Å². The maximum atomic E-state index is 8.98. The van der Waals surface area contributed by atoms with Crippen molar-refractivity contribution in [1.29, 1.82) is 5.26 Å². The Hall–Kier alpha value is -3.00. The van der Waals surface area contributed by atoms with Gasteiger partial charge in [-0.1, -0.05) is 30.3 Å². The largest absolute Gasteiger partial charge is 0.488 e. The number of aliphatic imine (C=N–C) groups is 1. The van der Waals surface area contributed by atoms with Gasteiger partial charge in [0.25, 0.3) is 0 Å². The quantitative estimate of drug-likeness (QED) is 0.638. The summed E-state index contributed by atoms with van der Waals surface area (Å²) in [4.78, 5) is 4.25. The Morgan fingerprint density at radius 3 is 2.50 bits per heavy atom. The average molecular weight is 350 g/mol. The highest BCUT2D eigenvalue weighted by molar-refractivity contribution is 5.79. The molecule has 2 aromatic rings. The van der Waals surface area contributed by atoms with Crippen LogP contribution in [-0.2, 0) is 13.1 Å². The second-order valence-corrected chi connectivity index (χ2v) is 6.91. The molecule has 0 aliphatic rings. The molecular formula is C21H26N4O. The molecule has 0 heterocycles. The highest BCUT2D eigenvalue weighted by atomic mass is 16.5. The summed E-state index contributed by atoms with van der Waals surface area (Å²) in [5.74, 6) is 1.56. The number of hydrogen-bond acceptors (Lipinski definition) is 3. The van der Waals surface area contributed by atoms with Crippen LogP contribution in [0.5, 0.6) is 5.75 Å². The van der Waals surface area contributed by atoms with Gasteiger partial charge in [0.2, 0.25) is 0 Å². The average Bonchev–Trinajstić information content (AvgIpc) is 2.62. The molecule has 0 fully saturated rings. The van der Waals surface area contributed by atoms with Crippen LogP contribution in [0, 0.1) is 11.3 Å². The molecule has 2 aromatic carbocycles. The minimum absolute atomic E-state index is 0.248. The molecule has 136 valence electrons. The first-order valence-corrected chi connectivity index (χ1v) is 8.62. The van der Waals surface area contributed by atoms with Crippen molar-refractivity contribution in [3.8, 4) is 11.8 Å². The van der Waals surface area contributed by atoms with Gasteiger partial charge in [0.05, 0.1) is 11.6 Å². The molecule has 0 spiro atoms. The molecular weight excluding hydrogens is 324 g/mol. The summed E-state index contributed by atoms with van der Waals surface area (Å²) in [6.45, 7) is 7.30. The zero-order valence-electron chi connectivity index (χ0n) is 15.8. The molecule has 0 aliphatic carbocycles. The molecule has 2 N–H and O–H groups in total. The van der Waals surface area contributed by atoms with E-state index in [1.807, 2.05) is 63.2 Å². The van der Waals surface area contributed by atoms with Crippen molar-refractivity contribution in [1.82, 2.24) is 10.6 Å². The summed E-state index contributed by atoms with van der Waals surface area (Å²) < 4.78 is 6.02. The zero-order chi connectivity index (χ0) is 19.0. The number of nitrogens with one attached hydrogen (secondary N) is 2. The third kappa shape index (κ3) is 6.14. The summed E-state index contributed by atoms with van der Waals surface area (Å²) >= 11 is 0. The number of rotatable bonds is 5. The lowest BCUT2D eigenvalue weighted by molar-refractivity contribution is 0.129. The van der Waals surface area contributed by atoms with E-state index in [2.05, 4.69) is 21.7 Å². The summed E-state index contributed by atoms with van der Waals surface area (Å²) in [5, 5.41) is 15.6. The Kier molecular flexibility index (Phi) is 6.62. The number of hydrogen-bond donors (Lipinski definition) is 2. The van der Waals surface area contributed by atoms with E-state index in [4.69, 9.17) is 10.00 Å². The molecule has 0 saturated carbocycles. The highest BCUT2D eigenvalue weighted by Crippen LogP contribution is 2.22. The van der Waals surface area contributed by atoms with Crippen LogP contribution in [0.2, 0.25) is 0 Å². The fourth-order valence-corrected chi connectivity index (χ4v) is 2.42. The lowest BCUT2D eigenvalue weighted by atomic mass is 10.1. The smallest absolute Gasteiger partial charge is 0.191 e. The lowest BCUT2D eigenvalue weighted by Gasteiger charge is -2.23. The monoisotopic (exact) mass is 350 g/mol. The van der Waals surface area contributed by atoms with Crippen LogP contribution in [0.4, 0.5) is 0 Å². The van der Waals surface area contributed by atoms with Gasteiger partial charge in [-0.15, -0.1) is 0 Å². The molecule has 5 heteroatoms. The van der Waals surface area contributed by atoms with Gasteiger partial charge in [0, 0.05) is 25.7 Å². The van der Waals surface area contributed by atoms with Gasteiger partial charge >= 0.3 is 0 Å². The second-order valence-electron chi connectivity index (χ2n) is 6.91. The molecule has 0 bridgehead atoms. The number of nitriles is 1. The van der Waals surface area contributed by atoms with Crippen LogP contribution < -0.4 is 15.4 Å². The topological polar surface area (TPSA) is 69.4 Å². The second kappa shape index (κ2) is 8.91. The number of benzene rings is 2. The third-order valence-corrected chi connectivity index (χ3v) is 3.57. The first-order chi connectivity index (χ1) is 12.4. The maximum absolute atomic E-state index is 8.98. The molecule has 0 aromatic heterocycles. The SMILES string of the molecule is CN=C(NCc1cccc(C#N)c1)NCc1ccccc1OC(C)(C)C. The minimum atomic E-state index is -0.248. The van der Waals surface area contributed by atoms with Crippen LogP contribution >= 0.6 is 0 Å². The Morgan fingerprint density at radius 2 is 1.81 bits per heavy atom. The van der Waals surface area contributed by atoms with Crippen LogP contribution in [0.3, 0.4) is 0 Å². The first-order valence-electron chi connectivity index (χ1n) is 8.62. The number of nitrogens with zero attached hydrogens (tertiary/aromatic N) is 2. The molecule has 0 saturated heterocycles. The normalized spacial score (nSPS) is 11.6. The minimum Gasteiger partial charge on any atom is -0.488 e. The van der Waals surface area contributed by atoms with Gasteiger partial charge in [0.1, 0.15) is 11.4 Å². The van der Waals surface area contributed by atoms with Crippen molar-refractivity contribution in [2.45, 2.75) is 39.5 Å². The molecule has 26 heavy (non-hydrogen) atoms. The van der Waals surface area contributed by atoms with E-state index in [0.29, 0.717) is 24.6 Å². The summed E-state index contributed by atoms with van der Waals surface area (Å²) in [7, 11) is 1.73. The predicted octanol–water partition coefficient (Wildman–Crippen LogP) is 3.60. The van der Waals surface area contributed by atoms with Crippen molar-refractivity contribution in [3.05, 3.63) is 65.2 Å². The molecule has 5 nitrogen and oxygen atoms in total. The van der Waals surface area contributed by atoms with E-state index in [1.165, 1.54) is 0 Å². The number of para-hydroxylation sites is 1. The molecule has 0 aliphatic heterocycles. The molecule has 0 amide bonds. The predicted molar refractivity (Wildman–Crippen MR) is 105 cm³/mol. The maximum Gasteiger partial charge on any atom is 0.191 e. The Morgan fingerprint density at radius 1 is 1.08 bits per heavy atom. The Labute approximate surface area is 155 Å². The van der Waals surface area contributed by atoms with E-state index in [9.17, 15) is 0 Å². The van der Waals surface area contributed by atoms with E-state index < -0.39 is 0 Å². The van der Waals surface area contributed by atoms with E-state index >= 15 is 0 Å². The molecule has 0 radical (unpaired) electrons. The standard InChI is InChI=1S/C21H26N4O/c1-21(2,3)26-19-11-6-5-10-18(19)15-25-20(23-4)24-14-17-9-7-8-16(12-17)13-22/h5-12H,14-15H2,1-4H3,(H2,23,24,25). The van der Waals surface area contributed by atoms with Crippen LogP contribution in [-0.4, -0.2) is 18.6 Å². The van der Waals surface area contributed by atoms with Crippen molar-refractivity contribution in [3.63, 3.8) is 0 Å². The van der Waals surface area contributed by atoms with Gasteiger partial charge < -0.3 is 15.4 Å². The van der Waals surface area contributed by atoms with Crippen LogP contribution in [0.15, 0.2) is 53.5 Å². The third-order valence-electron chi connectivity index (χ3n) is 3.57. The van der Waals surface area contributed by atoms with E-state index in [-0.39, 0.29) is 5.60 Å².